The van der Waals surface area contributed by atoms with Crippen LogP contribution >= 0.6 is 0 Å². The number of alkyl halides is 3. The molecule has 29 heavy (non-hydrogen) atoms. The average molecular weight is 425 g/mol. The van der Waals surface area contributed by atoms with Crippen molar-refractivity contribution in [1.29, 1.82) is 0 Å². The molecule has 2 fully saturated rings. The van der Waals surface area contributed by atoms with Gasteiger partial charge in [0.2, 0.25) is 5.91 Å². The number of hydrogen-bond acceptors (Lipinski definition) is 6. The van der Waals surface area contributed by atoms with Crippen molar-refractivity contribution in [1.82, 2.24) is 16.2 Å². The van der Waals surface area contributed by atoms with Crippen molar-refractivity contribution in [2.45, 2.75) is 76.7 Å². The lowest BCUT2D eigenvalue weighted by Gasteiger charge is -2.34. The van der Waals surface area contributed by atoms with E-state index in [1.165, 1.54) is 0 Å². The second-order valence-corrected chi connectivity index (χ2v) is 8.07. The third-order valence-corrected chi connectivity index (χ3v) is 4.36. The Balaban J connectivity index is 1.62. The van der Waals surface area contributed by atoms with Crippen molar-refractivity contribution >= 4 is 17.9 Å². The molecular weight excluding hydrogens is 399 g/mol. The van der Waals surface area contributed by atoms with Crippen LogP contribution in [-0.2, 0) is 23.8 Å². The molecule has 1 aliphatic heterocycles. The highest BCUT2D eigenvalue weighted by Gasteiger charge is 2.42. The molecule has 2 atom stereocenters. The lowest BCUT2D eigenvalue weighted by Crippen LogP contribution is -2.54. The van der Waals surface area contributed by atoms with Crippen LogP contribution in [0.25, 0.3) is 0 Å². The van der Waals surface area contributed by atoms with E-state index in [1.807, 2.05) is 0 Å². The van der Waals surface area contributed by atoms with Gasteiger partial charge in [-0.3, -0.25) is 25.2 Å². The van der Waals surface area contributed by atoms with Gasteiger partial charge in [0.1, 0.15) is 11.7 Å². The fourth-order valence-corrected chi connectivity index (χ4v) is 2.92. The Hall–Kier alpha value is -2.08. The second kappa shape index (κ2) is 9.16. The lowest BCUT2D eigenvalue weighted by molar-refractivity contribution is -0.353. The molecule has 3 N–H and O–H groups in total. The molecule has 0 radical (unpaired) electrons. The van der Waals surface area contributed by atoms with Crippen molar-refractivity contribution in [3.05, 3.63) is 0 Å². The maximum Gasteiger partial charge on any atom is 0.522 e. The summed E-state index contributed by atoms with van der Waals surface area (Å²) in [6, 6.07) is -0.302. The largest absolute Gasteiger partial charge is 0.522 e. The Morgan fingerprint density at radius 2 is 1.62 bits per heavy atom. The van der Waals surface area contributed by atoms with Crippen LogP contribution in [0.15, 0.2) is 0 Å². The van der Waals surface area contributed by atoms with E-state index < -0.39 is 48.0 Å². The van der Waals surface area contributed by atoms with Gasteiger partial charge in [0, 0.05) is 5.92 Å². The summed E-state index contributed by atoms with van der Waals surface area (Å²) in [5.74, 6) is -1.81. The minimum atomic E-state index is -4.73. The van der Waals surface area contributed by atoms with Crippen LogP contribution < -0.4 is 16.2 Å². The maximum absolute atomic E-state index is 12.1. The highest BCUT2D eigenvalue weighted by Crippen LogP contribution is 2.34. The molecule has 1 saturated heterocycles. The minimum absolute atomic E-state index is 0.0703. The van der Waals surface area contributed by atoms with Crippen molar-refractivity contribution in [3.63, 3.8) is 0 Å². The fourth-order valence-electron chi connectivity index (χ4n) is 2.92. The van der Waals surface area contributed by atoms with E-state index in [-0.39, 0.29) is 25.5 Å². The number of carbonyl (C=O) groups is 3. The first-order valence-electron chi connectivity index (χ1n) is 9.28. The van der Waals surface area contributed by atoms with Crippen LogP contribution in [0.1, 0.15) is 46.5 Å². The van der Waals surface area contributed by atoms with Gasteiger partial charge in [0.25, 0.3) is 5.91 Å². The highest BCUT2D eigenvalue weighted by molar-refractivity contribution is 5.86. The van der Waals surface area contributed by atoms with Gasteiger partial charge < -0.3 is 14.8 Å². The van der Waals surface area contributed by atoms with Gasteiger partial charge in [0.05, 0.1) is 18.8 Å². The van der Waals surface area contributed by atoms with Gasteiger partial charge in [-0.2, -0.15) is 0 Å². The predicted octanol–water partition coefficient (Wildman–Crippen LogP) is 1.52. The predicted molar refractivity (Wildman–Crippen MR) is 92.1 cm³/mol. The molecule has 0 unspecified atom stereocenters. The quantitative estimate of drug-likeness (QED) is 0.589. The molecule has 12 heteroatoms. The first-order valence-corrected chi connectivity index (χ1v) is 9.28. The van der Waals surface area contributed by atoms with E-state index in [0.717, 1.165) is 0 Å². The zero-order valence-electron chi connectivity index (χ0n) is 16.4. The first kappa shape index (κ1) is 23.2. The smallest absolute Gasteiger partial charge is 0.444 e. The fraction of sp³-hybridized carbons (Fsp3) is 0.824. The van der Waals surface area contributed by atoms with E-state index in [0.29, 0.717) is 12.8 Å². The zero-order valence-corrected chi connectivity index (χ0v) is 16.4. The molecule has 0 aromatic heterocycles. The molecule has 1 aliphatic carbocycles. The molecule has 3 amide bonds. The van der Waals surface area contributed by atoms with Crippen LogP contribution in [0, 0.1) is 5.92 Å². The maximum atomic E-state index is 12.1. The van der Waals surface area contributed by atoms with Crippen molar-refractivity contribution in [2.75, 3.05) is 6.61 Å². The zero-order chi connectivity index (χ0) is 21.8. The van der Waals surface area contributed by atoms with Gasteiger partial charge in [-0.25, -0.2) is 4.79 Å². The molecule has 0 bridgehead atoms. The summed E-state index contributed by atoms with van der Waals surface area (Å²) in [4.78, 5) is 35.6. The summed E-state index contributed by atoms with van der Waals surface area (Å²) in [6.07, 6.45) is -6.51. The summed E-state index contributed by atoms with van der Waals surface area (Å²) < 4.78 is 50.6. The van der Waals surface area contributed by atoms with Gasteiger partial charge in [0.15, 0.2) is 0 Å². The Morgan fingerprint density at radius 3 is 2.14 bits per heavy atom. The standard InChI is InChI=1S/C17H26F3N3O6/c1-16(2,3)29-15(26)21-10-4-5-12(27-8-10)14(25)23-22-13(24)9-6-11(7-9)28-17(18,19)20/h9-12H,4-8H2,1-3H3,(H,21,26)(H,22,24)(H,23,25)/t9?,10-,11?,12+/m1/s1. The molecular formula is C17H26F3N3O6. The number of ether oxygens (including phenoxy) is 3. The van der Waals surface area contributed by atoms with Crippen molar-refractivity contribution < 1.29 is 41.8 Å². The molecule has 1 heterocycles. The van der Waals surface area contributed by atoms with Gasteiger partial charge in [-0.1, -0.05) is 0 Å². The number of alkyl carbamates (subject to hydrolysis) is 1. The summed E-state index contributed by atoms with van der Waals surface area (Å²) in [6.45, 7) is 5.33. The molecule has 1 saturated carbocycles. The SMILES string of the molecule is CC(C)(C)OC(=O)N[C@@H]1CC[C@@H](C(=O)NNC(=O)C2CC(OC(F)(F)F)C2)OC1. The van der Waals surface area contributed by atoms with Crippen LogP contribution in [0.4, 0.5) is 18.0 Å². The molecule has 0 spiro atoms. The monoisotopic (exact) mass is 425 g/mol. The number of rotatable bonds is 4. The summed E-state index contributed by atoms with van der Waals surface area (Å²) in [5, 5.41) is 2.66. The van der Waals surface area contributed by atoms with Gasteiger partial charge in [-0.05, 0) is 46.5 Å². The normalized spacial score (nSPS) is 27.4. The summed E-state index contributed by atoms with van der Waals surface area (Å²) in [7, 11) is 0. The van der Waals surface area contributed by atoms with Gasteiger partial charge in [-0.15, -0.1) is 13.2 Å². The number of halogens is 3. The molecule has 9 nitrogen and oxygen atoms in total. The van der Waals surface area contributed by atoms with E-state index in [4.69, 9.17) is 9.47 Å². The highest BCUT2D eigenvalue weighted by atomic mass is 19.4. The Labute approximate surface area is 166 Å². The molecule has 2 aliphatic rings. The number of hydrazine groups is 1. The minimum Gasteiger partial charge on any atom is -0.444 e. The number of nitrogens with one attached hydrogen (secondary N) is 3. The first-order chi connectivity index (χ1) is 13.3. The van der Waals surface area contributed by atoms with Gasteiger partial charge >= 0.3 is 12.5 Å². The van der Waals surface area contributed by atoms with Crippen LogP contribution in [-0.4, -0.2) is 54.7 Å². The Bertz CT molecular complexity index is 609. The third-order valence-electron chi connectivity index (χ3n) is 4.36. The second-order valence-electron chi connectivity index (χ2n) is 8.07. The van der Waals surface area contributed by atoms with Crippen molar-refractivity contribution in [2.24, 2.45) is 5.92 Å². The van der Waals surface area contributed by atoms with E-state index in [2.05, 4.69) is 20.9 Å². The van der Waals surface area contributed by atoms with E-state index in [9.17, 15) is 27.6 Å². The van der Waals surface area contributed by atoms with Crippen LogP contribution in [0.3, 0.4) is 0 Å². The molecule has 0 aromatic rings. The molecule has 0 aromatic carbocycles. The lowest BCUT2D eigenvalue weighted by atomic mass is 9.82. The summed E-state index contributed by atoms with van der Waals surface area (Å²) in [5.41, 5.74) is 3.78. The van der Waals surface area contributed by atoms with E-state index >= 15 is 0 Å². The summed E-state index contributed by atoms with van der Waals surface area (Å²) >= 11 is 0. The van der Waals surface area contributed by atoms with E-state index in [1.54, 1.807) is 20.8 Å². The number of hydrogen-bond donors (Lipinski definition) is 3. The average Bonchev–Trinajstić information content (AvgIpc) is 2.53. The Kier molecular flexibility index (Phi) is 7.33. The number of carbonyl (C=O) groups excluding carboxylic acids is 3. The molecule has 166 valence electrons. The molecule has 2 rings (SSSR count). The third kappa shape index (κ3) is 8.05. The van der Waals surface area contributed by atoms with Crippen LogP contribution in [0.2, 0.25) is 0 Å². The van der Waals surface area contributed by atoms with Crippen LogP contribution in [0.5, 0.6) is 0 Å². The number of amides is 3. The topological polar surface area (TPSA) is 115 Å². The Morgan fingerprint density at radius 1 is 1.00 bits per heavy atom. The van der Waals surface area contributed by atoms with Crippen molar-refractivity contribution in [3.8, 4) is 0 Å².